The van der Waals surface area contributed by atoms with Gasteiger partial charge in [-0.2, -0.15) is 0 Å². The Bertz CT molecular complexity index is 845. The van der Waals surface area contributed by atoms with E-state index in [0.717, 1.165) is 0 Å². The summed E-state index contributed by atoms with van der Waals surface area (Å²) in [4.78, 5) is 26.0. The summed E-state index contributed by atoms with van der Waals surface area (Å²) in [6.45, 7) is 0.835. The molecule has 126 valence electrons. The van der Waals surface area contributed by atoms with E-state index >= 15 is 0 Å². The summed E-state index contributed by atoms with van der Waals surface area (Å²) >= 11 is 1.64. The van der Waals surface area contributed by atoms with Crippen molar-refractivity contribution in [3.05, 3.63) is 88.1 Å². The molecule has 2 aromatic carbocycles. The third kappa shape index (κ3) is 4.62. The van der Waals surface area contributed by atoms with E-state index in [0.29, 0.717) is 23.4 Å². The molecule has 0 saturated heterocycles. The van der Waals surface area contributed by atoms with Gasteiger partial charge >= 0.3 is 0 Å². The maximum Gasteiger partial charge on any atom is 0.238 e. The standard InChI is InChI=1S/C20H18N2O2S/c23-19(14-21-13-16-9-6-12-25-16)22-18-11-5-4-10-17(18)20(24)15-7-2-1-3-8-15/h1-12,21H,13-14H2,(H,22,23). The van der Waals surface area contributed by atoms with Gasteiger partial charge in [0.05, 0.1) is 12.2 Å². The zero-order valence-electron chi connectivity index (χ0n) is 13.6. The minimum absolute atomic E-state index is 0.108. The van der Waals surface area contributed by atoms with Crippen molar-refractivity contribution in [3.63, 3.8) is 0 Å². The Labute approximate surface area is 150 Å². The molecule has 0 radical (unpaired) electrons. The van der Waals surface area contributed by atoms with Crippen LogP contribution in [-0.4, -0.2) is 18.2 Å². The van der Waals surface area contributed by atoms with Gasteiger partial charge in [0.15, 0.2) is 5.78 Å². The Balaban J connectivity index is 1.64. The van der Waals surface area contributed by atoms with E-state index in [4.69, 9.17) is 0 Å². The van der Waals surface area contributed by atoms with Gasteiger partial charge in [0.25, 0.3) is 0 Å². The van der Waals surface area contributed by atoms with Crippen LogP contribution in [0.3, 0.4) is 0 Å². The molecule has 0 fully saturated rings. The van der Waals surface area contributed by atoms with Gasteiger partial charge in [-0.05, 0) is 23.6 Å². The Morgan fingerprint density at radius 1 is 0.880 bits per heavy atom. The molecule has 5 heteroatoms. The zero-order chi connectivity index (χ0) is 17.5. The SMILES string of the molecule is O=C(CNCc1cccs1)Nc1ccccc1C(=O)c1ccccc1. The molecule has 0 bridgehead atoms. The highest BCUT2D eigenvalue weighted by Crippen LogP contribution is 2.19. The van der Waals surface area contributed by atoms with Gasteiger partial charge < -0.3 is 10.6 Å². The molecule has 0 unspecified atom stereocenters. The van der Waals surface area contributed by atoms with E-state index in [2.05, 4.69) is 10.6 Å². The van der Waals surface area contributed by atoms with Crippen LogP contribution in [0.1, 0.15) is 20.8 Å². The lowest BCUT2D eigenvalue weighted by Gasteiger charge is -2.11. The number of rotatable bonds is 7. The van der Waals surface area contributed by atoms with Crippen LogP contribution in [0.4, 0.5) is 5.69 Å². The minimum atomic E-state index is -0.176. The van der Waals surface area contributed by atoms with Gasteiger partial charge in [0, 0.05) is 22.5 Å². The van der Waals surface area contributed by atoms with Crippen LogP contribution in [0.15, 0.2) is 72.1 Å². The summed E-state index contributed by atoms with van der Waals surface area (Å²) < 4.78 is 0. The average molecular weight is 350 g/mol. The Kier molecular flexibility index (Phi) is 5.72. The first-order valence-corrected chi connectivity index (χ1v) is 8.84. The number of hydrogen-bond donors (Lipinski definition) is 2. The highest BCUT2D eigenvalue weighted by molar-refractivity contribution is 7.09. The molecule has 3 rings (SSSR count). The van der Waals surface area contributed by atoms with E-state index in [9.17, 15) is 9.59 Å². The number of nitrogens with one attached hydrogen (secondary N) is 2. The van der Waals surface area contributed by atoms with Crippen molar-refractivity contribution in [3.8, 4) is 0 Å². The molecule has 3 aromatic rings. The molecule has 1 amide bonds. The van der Waals surface area contributed by atoms with Crippen LogP contribution < -0.4 is 10.6 Å². The molecule has 0 atom stereocenters. The van der Waals surface area contributed by atoms with Crippen molar-refractivity contribution >= 4 is 28.7 Å². The molecule has 2 N–H and O–H groups in total. The summed E-state index contributed by atoms with van der Waals surface area (Å²) in [6, 6.07) is 20.1. The van der Waals surface area contributed by atoms with E-state index in [1.54, 1.807) is 47.7 Å². The molecule has 25 heavy (non-hydrogen) atoms. The summed E-state index contributed by atoms with van der Waals surface area (Å²) in [7, 11) is 0. The molecule has 1 heterocycles. The lowest BCUT2D eigenvalue weighted by atomic mass is 10.0. The number of benzene rings is 2. The number of amides is 1. The molecule has 4 nitrogen and oxygen atoms in total. The zero-order valence-corrected chi connectivity index (χ0v) is 14.4. The largest absolute Gasteiger partial charge is 0.324 e. The first-order valence-electron chi connectivity index (χ1n) is 7.96. The molecule has 0 aliphatic carbocycles. The number of thiophene rings is 1. The highest BCUT2D eigenvalue weighted by atomic mass is 32.1. The van der Waals surface area contributed by atoms with Crippen LogP contribution in [0.2, 0.25) is 0 Å². The number of anilines is 1. The van der Waals surface area contributed by atoms with Crippen molar-refractivity contribution in [2.45, 2.75) is 6.54 Å². The first-order chi connectivity index (χ1) is 12.2. The molecule has 1 aromatic heterocycles. The molecule has 0 spiro atoms. The third-order valence-electron chi connectivity index (χ3n) is 3.65. The second kappa shape index (κ2) is 8.37. The van der Waals surface area contributed by atoms with Crippen molar-refractivity contribution in [2.24, 2.45) is 0 Å². The van der Waals surface area contributed by atoms with Gasteiger partial charge in [-0.3, -0.25) is 9.59 Å². The van der Waals surface area contributed by atoms with E-state index < -0.39 is 0 Å². The molecule has 0 aliphatic rings. The summed E-state index contributed by atoms with van der Waals surface area (Å²) in [6.07, 6.45) is 0. The summed E-state index contributed by atoms with van der Waals surface area (Å²) in [5.41, 5.74) is 1.61. The second-order valence-electron chi connectivity index (χ2n) is 5.47. The Hall–Kier alpha value is -2.76. The van der Waals surface area contributed by atoms with E-state index in [-0.39, 0.29) is 18.2 Å². The number of para-hydroxylation sites is 1. The van der Waals surface area contributed by atoms with Crippen molar-refractivity contribution in [2.75, 3.05) is 11.9 Å². The average Bonchev–Trinajstić information content (AvgIpc) is 3.16. The molecule has 0 saturated carbocycles. The summed E-state index contributed by atoms with van der Waals surface area (Å²) in [5.74, 6) is -0.284. The van der Waals surface area contributed by atoms with Crippen molar-refractivity contribution in [1.82, 2.24) is 5.32 Å². The number of carbonyl (C=O) groups is 2. The fraction of sp³-hybridized carbons (Fsp3) is 0.100. The second-order valence-corrected chi connectivity index (χ2v) is 6.50. The minimum Gasteiger partial charge on any atom is -0.324 e. The van der Waals surface area contributed by atoms with Crippen molar-refractivity contribution in [1.29, 1.82) is 0 Å². The quantitative estimate of drug-likeness (QED) is 0.639. The first kappa shape index (κ1) is 17.1. The topological polar surface area (TPSA) is 58.2 Å². The predicted molar refractivity (Wildman–Crippen MR) is 101 cm³/mol. The van der Waals surface area contributed by atoms with Crippen LogP contribution in [0.25, 0.3) is 0 Å². The molecular formula is C20H18N2O2S. The van der Waals surface area contributed by atoms with Crippen LogP contribution in [0, 0.1) is 0 Å². The molecular weight excluding hydrogens is 332 g/mol. The molecule has 0 aliphatic heterocycles. The number of ketones is 1. The maximum atomic E-state index is 12.7. The van der Waals surface area contributed by atoms with Gasteiger partial charge in [0.1, 0.15) is 0 Å². The lowest BCUT2D eigenvalue weighted by molar-refractivity contribution is -0.115. The fourth-order valence-electron chi connectivity index (χ4n) is 2.44. The Morgan fingerprint density at radius 2 is 1.64 bits per heavy atom. The number of carbonyl (C=O) groups excluding carboxylic acids is 2. The third-order valence-corrected chi connectivity index (χ3v) is 4.52. The van der Waals surface area contributed by atoms with E-state index in [1.807, 2.05) is 35.7 Å². The van der Waals surface area contributed by atoms with Gasteiger partial charge in [0.2, 0.25) is 5.91 Å². The monoisotopic (exact) mass is 350 g/mol. The normalized spacial score (nSPS) is 10.4. The van der Waals surface area contributed by atoms with Crippen LogP contribution in [-0.2, 0) is 11.3 Å². The van der Waals surface area contributed by atoms with Gasteiger partial charge in [-0.25, -0.2) is 0 Å². The van der Waals surface area contributed by atoms with Gasteiger partial charge in [-0.1, -0.05) is 48.5 Å². The highest BCUT2D eigenvalue weighted by Gasteiger charge is 2.14. The Morgan fingerprint density at radius 3 is 2.40 bits per heavy atom. The van der Waals surface area contributed by atoms with Crippen molar-refractivity contribution < 1.29 is 9.59 Å². The smallest absolute Gasteiger partial charge is 0.238 e. The van der Waals surface area contributed by atoms with Crippen LogP contribution >= 0.6 is 11.3 Å². The summed E-state index contributed by atoms with van der Waals surface area (Å²) in [5, 5.41) is 7.93. The van der Waals surface area contributed by atoms with Crippen LogP contribution in [0.5, 0.6) is 0 Å². The number of hydrogen-bond acceptors (Lipinski definition) is 4. The lowest BCUT2D eigenvalue weighted by Crippen LogP contribution is -2.28. The fourth-order valence-corrected chi connectivity index (χ4v) is 3.12. The predicted octanol–water partition coefficient (Wildman–Crippen LogP) is 3.71. The van der Waals surface area contributed by atoms with Gasteiger partial charge in [-0.15, -0.1) is 11.3 Å². The maximum absolute atomic E-state index is 12.7. The van der Waals surface area contributed by atoms with E-state index in [1.165, 1.54) is 4.88 Å².